The van der Waals surface area contributed by atoms with E-state index in [1.165, 1.54) is 10.9 Å². The molecule has 1 spiro atoms. The molecule has 2 atom stereocenters. The number of anilines is 1. The van der Waals surface area contributed by atoms with Gasteiger partial charge in [0.05, 0.1) is 17.5 Å². The van der Waals surface area contributed by atoms with E-state index >= 15 is 0 Å². The normalized spacial score (nSPS) is 22.3. The Morgan fingerprint density at radius 1 is 1.18 bits per heavy atom. The lowest BCUT2D eigenvalue weighted by atomic mass is 9.62. The number of hydrogen-bond donors (Lipinski definition) is 0. The fourth-order valence-electron chi connectivity index (χ4n) is 6.15. The van der Waals surface area contributed by atoms with Crippen molar-refractivity contribution in [2.24, 2.45) is 11.3 Å². The smallest absolute Gasteiger partial charge is 0.419 e. The maximum absolute atomic E-state index is 13.1. The van der Waals surface area contributed by atoms with Crippen molar-refractivity contribution in [3.05, 3.63) is 18.6 Å². The molecule has 0 aromatic carbocycles. The lowest BCUT2D eigenvalue weighted by Crippen LogP contribution is -2.66. The Hall–Kier alpha value is -3.88. The van der Waals surface area contributed by atoms with E-state index in [2.05, 4.69) is 16.9 Å². The van der Waals surface area contributed by atoms with Crippen LogP contribution in [0, 0.1) is 22.7 Å². The molecule has 12 heteroatoms. The third-order valence-corrected chi connectivity index (χ3v) is 8.28. The van der Waals surface area contributed by atoms with Gasteiger partial charge in [0, 0.05) is 44.8 Å². The zero-order valence-corrected chi connectivity index (χ0v) is 23.8. The summed E-state index contributed by atoms with van der Waals surface area (Å²) < 4.78 is 12.6. The number of rotatable bonds is 4. The summed E-state index contributed by atoms with van der Waals surface area (Å²) in [6.07, 6.45) is 4.18. The summed E-state index contributed by atoms with van der Waals surface area (Å²) in [4.78, 5) is 52.1. The average Bonchev–Trinajstić information content (AvgIpc) is 3.28. The van der Waals surface area contributed by atoms with Gasteiger partial charge < -0.3 is 24.2 Å². The van der Waals surface area contributed by atoms with Crippen LogP contribution in [0.3, 0.4) is 0 Å². The van der Waals surface area contributed by atoms with Gasteiger partial charge in [-0.15, -0.1) is 0 Å². The van der Waals surface area contributed by atoms with Crippen LogP contribution in [0.5, 0.6) is 0 Å². The van der Waals surface area contributed by atoms with Crippen LogP contribution in [0.2, 0.25) is 0 Å². The van der Waals surface area contributed by atoms with Crippen LogP contribution in [0.15, 0.2) is 18.6 Å². The van der Waals surface area contributed by atoms with Crippen molar-refractivity contribution in [2.45, 2.75) is 71.1 Å². The molecule has 3 aliphatic rings. The summed E-state index contributed by atoms with van der Waals surface area (Å²) in [6, 6.07) is 3.75. The molecule has 214 valence electrons. The van der Waals surface area contributed by atoms with Gasteiger partial charge in [-0.25, -0.2) is 24.1 Å². The van der Waals surface area contributed by atoms with Crippen LogP contribution in [0.25, 0.3) is 11.0 Å². The summed E-state index contributed by atoms with van der Waals surface area (Å²) in [5, 5.41) is 9.65. The minimum atomic E-state index is -0.526. The Balaban J connectivity index is 1.21. The van der Waals surface area contributed by atoms with Crippen molar-refractivity contribution >= 4 is 34.9 Å². The Morgan fingerprint density at radius 2 is 1.90 bits per heavy atom. The first kappa shape index (κ1) is 27.7. The molecule has 5 rings (SSSR count). The monoisotopic (exact) mass is 551 g/mol. The maximum Gasteiger partial charge on any atom is 0.419 e. The second-order valence-electron chi connectivity index (χ2n) is 12.5. The number of fused-ring (bicyclic) bond motifs is 1. The largest absolute Gasteiger partial charge is 0.446 e. The van der Waals surface area contributed by atoms with Crippen LogP contribution < -0.4 is 4.90 Å². The fraction of sp³-hybridized carbons (Fsp3) is 0.643. The Bertz CT molecular complexity index is 1340. The number of aromatic nitrogens is 3. The van der Waals surface area contributed by atoms with Crippen molar-refractivity contribution in [3.63, 3.8) is 0 Å². The molecule has 0 bridgehead atoms. The third-order valence-electron chi connectivity index (χ3n) is 8.28. The number of nitrogens with zero attached hydrogens (tertiary/aromatic N) is 7. The number of carbonyl (C=O) groups excluding carboxylic acids is 3. The van der Waals surface area contributed by atoms with Gasteiger partial charge in [-0.05, 0) is 52.0 Å². The summed E-state index contributed by atoms with van der Waals surface area (Å²) in [7, 11) is 1.93. The quantitative estimate of drug-likeness (QED) is 0.560. The minimum Gasteiger partial charge on any atom is -0.446 e. The van der Waals surface area contributed by atoms with E-state index in [-0.39, 0.29) is 36.0 Å². The third kappa shape index (κ3) is 5.29. The van der Waals surface area contributed by atoms with E-state index < -0.39 is 11.7 Å². The molecule has 1 saturated carbocycles. The SMILES string of the molecule is C[C@@H]1CCN(C(=O)CC#N)C[C@@H]1N(C)c1ncnc2c1ccn2C(=O)OC1CC2(C1)CN(C(=O)OC(C)(C)C)C2. The molecule has 0 radical (unpaired) electrons. The molecule has 4 heterocycles. The van der Waals surface area contributed by atoms with Crippen molar-refractivity contribution in [2.75, 3.05) is 38.1 Å². The predicted molar refractivity (Wildman–Crippen MR) is 145 cm³/mol. The molecule has 2 saturated heterocycles. The molecule has 12 nitrogen and oxygen atoms in total. The van der Waals surface area contributed by atoms with Crippen LogP contribution in [0.1, 0.15) is 53.4 Å². The molecule has 2 amide bonds. The van der Waals surface area contributed by atoms with Crippen molar-refractivity contribution < 1.29 is 23.9 Å². The van der Waals surface area contributed by atoms with Crippen LogP contribution in [0.4, 0.5) is 15.4 Å². The molecule has 2 aliphatic heterocycles. The van der Waals surface area contributed by atoms with Gasteiger partial charge in [-0.3, -0.25) is 4.79 Å². The molecule has 0 unspecified atom stereocenters. The van der Waals surface area contributed by atoms with Crippen molar-refractivity contribution in [1.82, 2.24) is 24.3 Å². The van der Waals surface area contributed by atoms with Gasteiger partial charge >= 0.3 is 12.2 Å². The highest BCUT2D eigenvalue weighted by atomic mass is 16.6. The number of amides is 2. The highest BCUT2D eigenvalue weighted by Crippen LogP contribution is 2.50. The number of likely N-dealkylation sites (N-methyl/N-ethyl adjacent to an activating group) is 1. The second-order valence-corrected chi connectivity index (χ2v) is 12.5. The van der Waals surface area contributed by atoms with E-state index in [1.54, 1.807) is 22.1 Å². The topological polar surface area (TPSA) is 134 Å². The lowest BCUT2D eigenvalue weighted by molar-refractivity contribution is -0.131. The number of likely N-dealkylation sites (tertiary alicyclic amines) is 2. The number of carbonyl (C=O) groups is 3. The van der Waals surface area contributed by atoms with Crippen molar-refractivity contribution in [3.8, 4) is 6.07 Å². The van der Waals surface area contributed by atoms with Gasteiger partial charge in [-0.1, -0.05) is 6.92 Å². The average molecular weight is 552 g/mol. The molecule has 2 aromatic heterocycles. The highest BCUT2D eigenvalue weighted by Gasteiger charge is 2.56. The molecule has 1 aliphatic carbocycles. The Morgan fingerprint density at radius 3 is 2.58 bits per heavy atom. The Labute approximate surface area is 233 Å². The summed E-state index contributed by atoms with van der Waals surface area (Å²) in [5.41, 5.74) is -0.0735. The first-order chi connectivity index (χ1) is 18.9. The minimum absolute atomic E-state index is 0.00122. The molecular formula is C28H37N7O5. The van der Waals surface area contributed by atoms with Crippen LogP contribution in [-0.4, -0.2) is 93.4 Å². The standard InChI is InChI=1S/C28H37N7O5/c1-18-7-10-33(22(36)6-9-29)14-21(18)32(5)23-20-8-11-35(24(20)31-17-30-23)26(38)39-19-12-28(13-19)15-34(16-28)25(37)40-27(2,3)4/h8,11,17-19,21H,6-7,10,12-16H2,1-5H3/t18-,21+/m1/s1. The zero-order chi connectivity index (χ0) is 28.8. The van der Waals surface area contributed by atoms with Gasteiger partial charge in [0.2, 0.25) is 5.91 Å². The lowest BCUT2D eigenvalue weighted by Gasteiger charge is -2.57. The predicted octanol–water partition coefficient (Wildman–Crippen LogP) is 3.40. The number of nitriles is 1. The summed E-state index contributed by atoms with van der Waals surface area (Å²) in [6.45, 7) is 10.1. The summed E-state index contributed by atoms with van der Waals surface area (Å²) >= 11 is 0. The maximum atomic E-state index is 13.1. The highest BCUT2D eigenvalue weighted by molar-refractivity contribution is 5.93. The molecule has 2 aromatic rings. The fourth-order valence-corrected chi connectivity index (χ4v) is 6.15. The van der Waals surface area contributed by atoms with Gasteiger partial charge in [0.15, 0.2) is 5.65 Å². The zero-order valence-electron chi connectivity index (χ0n) is 23.8. The molecule has 3 fully saturated rings. The van der Waals surface area contributed by atoms with Gasteiger partial charge in [0.1, 0.15) is 30.3 Å². The van der Waals surface area contributed by atoms with Crippen molar-refractivity contribution in [1.29, 1.82) is 5.26 Å². The van der Waals surface area contributed by atoms with Crippen LogP contribution in [-0.2, 0) is 14.3 Å². The second kappa shape index (κ2) is 10.3. The first-order valence-electron chi connectivity index (χ1n) is 13.8. The summed E-state index contributed by atoms with van der Waals surface area (Å²) in [5.74, 6) is 0.811. The van der Waals surface area contributed by atoms with E-state index in [1.807, 2.05) is 38.8 Å². The number of ether oxygens (including phenoxy) is 2. The molecular weight excluding hydrogens is 514 g/mol. The van der Waals surface area contributed by atoms with Gasteiger partial charge in [0.25, 0.3) is 0 Å². The Kier molecular flexibility index (Phi) is 7.10. The van der Waals surface area contributed by atoms with Gasteiger partial charge in [-0.2, -0.15) is 5.26 Å². The molecule has 40 heavy (non-hydrogen) atoms. The van der Waals surface area contributed by atoms with E-state index in [4.69, 9.17) is 14.7 Å². The first-order valence-corrected chi connectivity index (χ1v) is 13.8. The number of piperidine rings is 1. The molecule has 0 N–H and O–H groups in total. The van der Waals surface area contributed by atoms with E-state index in [9.17, 15) is 14.4 Å². The number of hydrogen-bond acceptors (Lipinski definition) is 9. The van der Waals surface area contributed by atoms with Crippen LogP contribution >= 0.6 is 0 Å². The van der Waals surface area contributed by atoms with E-state index in [0.717, 1.165) is 6.42 Å². The van der Waals surface area contributed by atoms with E-state index in [0.29, 0.717) is 61.8 Å².